The Balaban J connectivity index is 2.19. The summed E-state index contributed by atoms with van der Waals surface area (Å²) < 4.78 is 15.8. The van der Waals surface area contributed by atoms with Gasteiger partial charge >= 0.3 is 0 Å². The molecule has 114 valence electrons. The lowest BCUT2D eigenvalue weighted by Crippen LogP contribution is -2.38. The molecule has 1 aromatic carbocycles. The van der Waals surface area contributed by atoms with Gasteiger partial charge in [-0.25, -0.2) is 4.39 Å². The molecule has 1 unspecified atom stereocenters. The third-order valence-electron chi connectivity index (χ3n) is 3.84. The molecule has 0 bridgehead atoms. The molecule has 0 amide bonds. The largest absolute Gasteiger partial charge is 0.272 e. The Labute approximate surface area is 129 Å². The summed E-state index contributed by atoms with van der Waals surface area (Å²) in [5, 5.41) is 4.53. The number of nitrogens with one attached hydrogen (secondary N) is 1. The van der Waals surface area contributed by atoms with E-state index in [-0.39, 0.29) is 16.9 Å². The maximum absolute atomic E-state index is 14.0. The molecule has 21 heavy (non-hydrogen) atoms. The minimum absolute atomic E-state index is 0.0837. The number of benzene rings is 1. The maximum Gasteiger partial charge on any atom is 0.145 e. The van der Waals surface area contributed by atoms with E-state index in [1.54, 1.807) is 18.2 Å². The van der Waals surface area contributed by atoms with Crippen LogP contribution in [0.4, 0.5) is 4.39 Å². The standard InChI is InChI=1S/C15H20ClFN4/c1-9-13(10(2)21(3)20-9)8-12(19-18)7-11-5-4-6-14(16)15(11)17/h4-6,12,19H,7-8,18H2,1-3H3. The van der Waals surface area contributed by atoms with Gasteiger partial charge in [-0.1, -0.05) is 23.7 Å². The molecule has 1 aromatic heterocycles. The van der Waals surface area contributed by atoms with Gasteiger partial charge < -0.3 is 0 Å². The van der Waals surface area contributed by atoms with E-state index in [2.05, 4.69) is 10.5 Å². The van der Waals surface area contributed by atoms with Crippen molar-refractivity contribution in [2.24, 2.45) is 12.9 Å². The van der Waals surface area contributed by atoms with Gasteiger partial charge in [0.05, 0.1) is 10.7 Å². The van der Waals surface area contributed by atoms with Crippen molar-refractivity contribution >= 4 is 11.6 Å². The van der Waals surface area contributed by atoms with E-state index in [1.807, 2.05) is 25.6 Å². The molecular formula is C15H20ClFN4. The summed E-state index contributed by atoms with van der Waals surface area (Å²) in [6.45, 7) is 3.98. The number of aryl methyl sites for hydroxylation is 2. The molecule has 4 nitrogen and oxygen atoms in total. The fourth-order valence-electron chi connectivity index (χ4n) is 2.52. The van der Waals surface area contributed by atoms with Gasteiger partial charge in [-0.05, 0) is 43.9 Å². The molecule has 2 rings (SSSR count). The molecule has 0 saturated heterocycles. The normalized spacial score (nSPS) is 12.7. The first-order valence-corrected chi connectivity index (χ1v) is 7.20. The van der Waals surface area contributed by atoms with E-state index in [0.717, 1.165) is 17.0 Å². The highest BCUT2D eigenvalue weighted by atomic mass is 35.5. The van der Waals surface area contributed by atoms with Crippen molar-refractivity contribution in [3.8, 4) is 0 Å². The van der Waals surface area contributed by atoms with E-state index in [1.165, 1.54) is 0 Å². The first-order valence-electron chi connectivity index (χ1n) is 6.82. The predicted molar refractivity (Wildman–Crippen MR) is 82.6 cm³/mol. The molecular weight excluding hydrogens is 291 g/mol. The Morgan fingerprint density at radius 2 is 2.10 bits per heavy atom. The van der Waals surface area contributed by atoms with E-state index < -0.39 is 0 Å². The topological polar surface area (TPSA) is 55.9 Å². The van der Waals surface area contributed by atoms with E-state index in [0.29, 0.717) is 18.4 Å². The molecule has 2 aromatic rings. The molecule has 0 aliphatic carbocycles. The minimum atomic E-state index is -0.376. The molecule has 0 fully saturated rings. The highest BCUT2D eigenvalue weighted by Crippen LogP contribution is 2.21. The fraction of sp³-hybridized carbons (Fsp3) is 0.400. The lowest BCUT2D eigenvalue weighted by atomic mass is 9.98. The van der Waals surface area contributed by atoms with Crippen molar-refractivity contribution in [2.75, 3.05) is 0 Å². The highest BCUT2D eigenvalue weighted by molar-refractivity contribution is 6.30. The van der Waals surface area contributed by atoms with Gasteiger partial charge in [-0.15, -0.1) is 0 Å². The summed E-state index contributed by atoms with van der Waals surface area (Å²) in [7, 11) is 1.91. The maximum atomic E-state index is 14.0. The second-order valence-electron chi connectivity index (χ2n) is 5.26. The minimum Gasteiger partial charge on any atom is -0.272 e. The number of aromatic nitrogens is 2. The van der Waals surface area contributed by atoms with Gasteiger partial charge in [0.15, 0.2) is 0 Å². The third-order valence-corrected chi connectivity index (χ3v) is 4.13. The van der Waals surface area contributed by atoms with Crippen LogP contribution in [0.15, 0.2) is 18.2 Å². The quantitative estimate of drug-likeness (QED) is 0.659. The Bertz CT molecular complexity index is 639. The molecule has 0 radical (unpaired) electrons. The highest BCUT2D eigenvalue weighted by Gasteiger charge is 2.17. The van der Waals surface area contributed by atoms with Gasteiger partial charge in [0.25, 0.3) is 0 Å². The van der Waals surface area contributed by atoms with Crippen LogP contribution < -0.4 is 11.3 Å². The zero-order valence-electron chi connectivity index (χ0n) is 12.5. The molecule has 3 N–H and O–H groups in total. The van der Waals surface area contributed by atoms with Crippen LogP contribution in [-0.4, -0.2) is 15.8 Å². The lowest BCUT2D eigenvalue weighted by molar-refractivity contribution is 0.505. The second-order valence-corrected chi connectivity index (χ2v) is 5.66. The van der Waals surface area contributed by atoms with Gasteiger partial charge in [-0.3, -0.25) is 16.0 Å². The van der Waals surface area contributed by atoms with E-state index in [9.17, 15) is 4.39 Å². The monoisotopic (exact) mass is 310 g/mol. The zero-order valence-corrected chi connectivity index (χ0v) is 13.2. The predicted octanol–water partition coefficient (Wildman–Crippen LogP) is 2.45. The summed E-state index contributed by atoms with van der Waals surface area (Å²) in [6.07, 6.45) is 1.16. The van der Waals surface area contributed by atoms with E-state index >= 15 is 0 Å². The first-order chi connectivity index (χ1) is 9.93. The van der Waals surface area contributed by atoms with Crippen molar-refractivity contribution in [3.63, 3.8) is 0 Å². The molecule has 0 saturated carbocycles. The third kappa shape index (κ3) is 3.43. The molecule has 6 heteroatoms. The lowest BCUT2D eigenvalue weighted by Gasteiger charge is -2.17. The van der Waals surface area contributed by atoms with Crippen LogP contribution >= 0.6 is 11.6 Å². The Morgan fingerprint density at radius 1 is 1.38 bits per heavy atom. The number of halogens is 2. The summed E-state index contributed by atoms with van der Waals surface area (Å²) >= 11 is 5.81. The van der Waals surface area contributed by atoms with Crippen LogP contribution in [0.5, 0.6) is 0 Å². The number of nitrogens with zero attached hydrogens (tertiary/aromatic N) is 2. The van der Waals surface area contributed by atoms with Crippen molar-refractivity contribution in [1.29, 1.82) is 0 Å². The number of rotatable bonds is 5. The number of hydrazine groups is 1. The average molecular weight is 311 g/mol. The van der Waals surface area contributed by atoms with Crippen LogP contribution in [0.25, 0.3) is 0 Å². The fourth-order valence-corrected chi connectivity index (χ4v) is 2.71. The van der Waals surface area contributed by atoms with Crippen LogP contribution in [0.3, 0.4) is 0 Å². The van der Waals surface area contributed by atoms with Gasteiger partial charge in [0.2, 0.25) is 0 Å². The molecule has 0 spiro atoms. The van der Waals surface area contributed by atoms with Gasteiger partial charge in [-0.2, -0.15) is 5.10 Å². The Hall–Kier alpha value is -1.43. The van der Waals surface area contributed by atoms with Crippen molar-refractivity contribution in [2.45, 2.75) is 32.7 Å². The molecule has 1 heterocycles. The SMILES string of the molecule is Cc1nn(C)c(C)c1CC(Cc1cccc(Cl)c1F)NN. The summed E-state index contributed by atoms with van der Waals surface area (Å²) in [6, 6.07) is 4.93. The van der Waals surface area contributed by atoms with Gasteiger partial charge in [0.1, 0.15) is 5.82 Å². The summed E-state index contributed by atoms with van der Waals surface area (Å²) in [4.78, 5) is 0. The van der Waals surface area contributed by atoms with Crippen LogP contribution in [0.2, 0.25) is 5.02 Å². The van der Waals surface area contributed by atoms with Gasteiger partial charge in [0, 0.05) is 18.8 Å². The van der Waals surface area contributed by atoms with E-state index in [4.69, 9.17) is 17.4 Å². The molecule has 1 atom stereocenters. The number of nitrogens with two attached hydrogens (primary N) is 1. The number of hydrogen-bond acceptors (Lipinski definition) is 3. The first kappa shape index (κ1) is 15.9. The summed E-state index contributed by atoms with van der Waals surface area (Å²) in [5.41, 5.74) is 6.53. The Morgan fingerprint density at radius 3 is 2.67 bits per heavy atom. The van der Waals surface area contributed by atoms with Crippen molar-refractivity contribution < 1.29 is 4.39 Å². The smallest absolute Gasteiger partial charge is 0.145 e. The molecule has 0 aliphatic rings. The Kier molecular flexibility index (Phi) is 4.98. The van der Waals surface area contributed by atoms with Crippen molar-refractivity contribution in [3.05, 3.63) is 51.6 Å². The van der Waals surface area contributed by atoms with Crippen LogP contribution in [0.1, 0.15) is 22.5 Å². The summed E-state index contributed by atoms with van der Waals surface area (Å²) in [5.74, 6) is 5.26. The second kappa shape index (κ2) is 6.56. The van der Waals surface area contributed by atoms with Crippen LogP contribution in [-0.2, 0) is 19.9 Å². The molecule has 0 aliphatic heterocycles. The number of hydrogen-bond donors (Lipinski definition) is 2. The van der Waals surface area contributed by atoms with Crippen molar-refractivity contribution in [1.82, 2.24) is 15.2 Å². The zero-order chi connectivity index (χ0) is 15.6. The average Bonchev–Trinajstić information content (AvgIpc) is 2.69. The van der Waals surface area contributed by atoms with Crippen LogP contribution in [0, 0.1) is 19.7 Å².